The molecule has 17 heteroatoms. The number of hydrogen-bond acceptors (Lipinski definition) is 6. The van der Waals surface area contributed by atoms with E-state index in [-0.39, 0.29) is 17.1 Å². The number of rotatable bonds is 4. The van der Waals surface area contributed by atoms with Crippen LogP contribution in [0.25, 0.3) is 0 Å². The van der Waals surface area contributed by atoms with Gasteiger partial charge in [0.25, 0.3) is 0 Å². The van der Waals surface area contributed by atoms with Crippen LogP contribution in [-0.4, -0.2) is 25.6 Å². The average molecular weight is 417 g/mol. The molecule has 0 bridgehead atoms. The van der Waals surface area contributed by atoms with Crippen LogP contribution < -0.4 is 9.79 Å². The molecule has 6 nitrogen and oxygen atoms in total. The minimum Gasteiger partial charge on any atom is -0.753 e. The third-order valence-electron chi connectivity index (χ3n) is 0.765. The SMILES string of the molecule is O=P([O-])(F)OCC(F)(F)F.O=P([O-])(F)OCC(F)(F)F.[Mn+2]. The molecule has 0 fully saturated rings. The Morgan fingerprint density at radius 1 is 0.762 bits per heavy atom. The van der Waals surface area contributed by atoms with Crippen molar-refractivity contribution in [3.8, 4) is 0 Å². The Labute approximate surface area is 122 Å². The molecule has 0 aromatic heterocycles. The third kappa shape index (κ3) is 33.2. The van der Waals surface area contributed by atoms with Crippen molar-refractivity contribution in [3.05, 3.63) is 0 Å². The first-order valence-corrected chi connectivity index (χ1v) is 6.72. The minimum absolute atomic E-state index is 0. The second kappa shape index (κ2) is 9.41. The summed E-state index contributed by atoms with van der Waals surface area (Å²) >= 11 is 0. The summed E-state index contributed by atoms with van der Waals surface area (Å²) in [5.41, 5.74) is 0. The van der Waals surface area contributed by atoms with Gasteiger partial charge in [-0.2, -0.15) is 34.7 Å². The van der Waals surface area contributed by atoms with E-state index in [4.69, 9.17) is 0 Å². The Morgan fingerprint density at radius 3 is 1.00 bits per heavy atom. The van der Waals surface area contributed by atoms with Gasteiger partial charge in [0.05, 0.1) is 0 Å². The molecule has 0 saturated heterocycles. The average Bonchev–Trinajstić information content (AvgIpc) is 2.09. The second-order valence-electron chi connectivity index (χ2n) is 2.64. The molecule has 21 heavy (non-hydrogen) atoms. The van der Waals surface area contributed by atoms with Crippen molar-refractivity contribution >= 4 is 15.8 Å². The normalized spacial score (nSPS) is 17.6. The van der Waals surface area contributed by atoms with E-state index >= 15 is 0 Å². The number of halogens is 8. The van der Waals surface area contributed by atoms with Crippen molar-refractivity contribution in [2.24, 2.45) is 0 Å². The van der Waals surface area contributed by atoms with Gasteiger partial charge in [-0.1, -0.05) is 0 Å². The summed E-state index contributed by atoms with van der Waals surface area (Å²) in [6.45, 7) is -4.24. The van der Waals surface area contributed by atoms with E-state index in [9.17, 15) is 53.7 Å². The van der Waals surface area contributed by atoms with Gasteiger partial charge in [0.1, 0.15) is 0 Å². The van der Waals surface area contributed by atoms with Gasteiger partial charge in [-0.3, -0.25) is 9.13 Å². The molecule has 0 rings (SSSR count). The Balaban J connectivity index is -0.000000295. The Bertz CT molecular complexity index is 336. The van der Waals surface area contributed by atoms with E-state index in [1.165, 1.54) is 0 Å². The summed E-state index contributed by atoms with van der Waals surface area (Å²) in [6, 6.07) is 0. The zero-order valence-corrected chi connectivity index (χ0v) is 12.1. The first-order valence-electron chi connectivity index (χ1n) is 3.85. The van der Waals surface area contributed by atoms with Crippen LogP contribution in [0.4, 0.5) is 34.7 Å². The van der Waals surface area contributed by atoms with Crippen LogP contribution in [0.15, 0.2) is 0 Å². The van der Waals surface area contributed by atoms with Crippen LogP contribution in [-0.2, 0) is 35.2 Å². The van der Waals surface area contributed by atoms with Crippen LogP contribution >= 0.6 is 15.8 Å². The summed E-state index contributed by atoms with van der Waals surface area (Å²) in [4.78, 5) is 18.6. The molecule has 0 saturated carbocycles. The Hall–Kier alpha value is 0.259. The van der Waals surface area contributed by atoms with Crippen LogP contribution in [0.5, 0.6) is 0 Å². The molecule has 0 aromatic rings. The van der Waals surface area contributed by atoms with Gasteiger partial charge in [0.15, 0.2) is 13.2 Å². The summed E-state index contributed by atoms with van der Waals surface area (Å²) in [7, 11) is -11.5. The molecule has 0 aliphatic carbocycles. The Kier molecular flexibility index (Phi) is 11.7. The monoisotopic (exact) mass is 417 g/mol. The predicted molar refractivity (Wildman–Crippen MR) is 41.4 cm³/mol. The third-order valence-corrected chi connectivity index (χ3v) is 1.64. The van der Waals surface area contributed by atoms with Crippen molar-refractivity contribution in [3.63, 3.8) is 0 Å². The van der Waals surface area contributed by atoms with Gasteiger partial charge in [0, 0.05) is 0 Å². The molecule has 0 heterocycles. The molecule has 1 radical (unpaired) electrons. The van der Waals surface area contributed by atoms with Crippen molar-refractivity contribution in [1.29, 1.82) is 0 Å². The van der Waals surface area contributed by atoms with Gasteiger partial charge >= 0.3 is 45.2 Å². The van der Waals surface area contributed by atoms with Crippen LogP contribution in [0.2, 0.25) is 0 Å². The first kappa shape index (κ1) is 26.2. The van der Waals surface area contributed by atoms with Crippen LogP contribution in [0, 0.1) is 0 Å². The fraction of sp³-hybridized carbons (Fsp3) is 1.00. The van der Waals surface area contributed by atoms with Gasteiger partial charge in [0.2, 0.25) is 0 Å². The van der Waals surface area contributed by atoms with E-state index in [1.54, 1.807) is 0 Å². The van der Waals surface area contributed by atoms with Gasteiger partial charge in [-0.15, -0.1) is 0 Å². The van der Waals surface area contributed by atoms with E-state index in [0.717, 1.165) is 0 Å². The molecular weight excluding hydrogens is 413 g/mol. The molecule has 2 unspecified atom stereocenters. The van der Waals surface area contributed by atoms with E-state index in [1.807, 2.05) is 0 Å². The largest absolute Gasteiger partial charge is 2.00 e. The molecule has 0 aromatic carbocycles. The zero-order valence-electron chi connectivity index (χ0n) is 9.16. The molecule has 0 aliphatic rings. The quantitative estimate of drug-likeness (QED) is 0.395. The molecule has 0 aliphatic heterocycles. The van der Waals surface area contributed by atoms with Crippen molar-refractivity contribution in [1.82, 2.24) is 0 Å². The van der Waals surface area contributed by atoms with Gasteiger partial charge in [-0.05, 0) is 0 Å². The van der Waals surface area contributed by atoms with E-state index in [2.05, 4.69) is 9.05 Å². The molecule has 0 N–H and O–H groups in total. The fourth-order valence-corrected chi connectivity index (χ4v) is 0.902. The first-order chi connectivity index (χ1) is 8.41. The van der Waals surface area contributed by atoms with Crippen molar-refractivity contribution in [2.75, 3.05) is 13.2 Å². The van der Waals surface area contributed by atoms with Gasteiger partial charge in [-0.25, -0.2) is 0 Å². The zero-order chi connectivity index (χ0) is 16.8. The number of alkyl halides is 6. The topological polar surface area (TPSA) is 98.7 Å². The second-order valence-corrected chi connectivity index (χ2v) is 4.88. The molecular formula is C4H4F8MnO6P2. The minimum atomic E-state index is -5.73. The van der Waals surface area contributed by atoms with Crippen molar-refractivity contribution in [2.45, 2.75) is 12.4 Å². The van der Waals surface area contributed by atoms with Crippen LogP contribution in [0.3, 0.4) is 0 Å². The van der Waals surface area contributed by atoms with E-state index in [0.29, 0.717) is 0 Å². The predicted octanol–water partition coefficient (Wildman–Crippen LogP) is 2.00. The number of hydrogen-bond donors (Lipinski definition) is 0. The van der Waals surface area contributed by atoms with E-state index < -0.39 is 41.4 Å². The standard InChI is InChI=1S/2C2H3F4O3P.Mn/c2*3-2(4,5)1-9-10(6,7)8;/h2*1H2,(H,7,8);/q;;+2/p-2. The fourth-order valence-electron chi connectivity index (χ4n) is 0.301. The van der Waals surface area contributed by atoms with Gasteiger partial charge < -0.3 is 18.8 Å². The molecule has 2 atom stereocenters. The molecule has 0 amide bonds. The molecule has 129 valence electrons. The summed E-state index contributed by atoms with van der Waals surface area (Å²) < 4.78 is 113. The maximum Gasteiger partial charge on any atom is 2.00 e. The Morgan fingerprint density at radius 2 is 0.952 bits per heavy atom. The molecule has 0 spiro atoms. The van der Waals surface area contributed by atoms with Crippen molar-refractivity contribution < 1.29 is 79.8 Å². The smallest absolute Gasteiger partial charge is 0.753 e. The maximum atomic E-state index is 11.2. The summed E-state index contributed by atoms with van der Waals surface area (Å²) in [6.07, 6.45) is -9.65. The maximum absolute atomic E-state index is 11.2. The summed E-state index contributed by atoms with van der Waals surface area (Å²) in [5.74, 6) is 0. The van der Waals surface area contributed by atoms with Crippen LogP contribution in [0.1, 0.15) is 0 Å². The summed E-state index contributed by atoms with van der Waals surface area (Å²) in [5, 5.41) is 0.